The number of rotatable bonds is 0. The molecule has 1 saturated heterocycles. The Morgan fingerprint density at radius 3 is 1.82 bits per heavy atom. The molecule has 0 N–H and O–H groups in total. The van der Waals surface area contributed by atoms with Crippen LogP contribution in [0.4, 0.5) is 0 Å². The minimum absolute atomic E-state index is 0.307. The zero-order chi connectivity index (χ0) is 8.48. The molecule has 1 fully saturated rings. The van der Waals surface area contributed by atoms with Crippen LogP contribution in [0.2, 0.25) is 0 Å². The van der Waals surface area contributed by atoms with Gasteiger partial charge in [-0.05, 0) is 33.9 Å². The molecular formula is C8H17BN2. The Bertz CT molecular complexity index is 123. The van der Waals surface area contributed by atoms with E-state index in [0.717, 1.165) is 26.2 Å². The van der Waals surface area contributed by atoms with Crippen LogP contribution in [0.1, 0.15) is 20.8 Å². The van der Waals surface area contributed by atoms with Crippen molar-refractivity contribution in [3.8, 4) is 0 Å². The molecule has 0 aromatic heterocycles. The Labute approximate surface area is 71.0 Å². The number of nitrogens with zero attached hydrogens (tertiary/aromatic N) is 2. The van der Waals surface area contributed by atoms with Crippen LogP contribution in [0.15, 0.2) is 0 Å². The van der Waals surface area contributed by atoms with Gasteiger partial charge in [-0.2, -0.15) is 0 Å². The van der Waals surface area contributed by atoms with Gasteiger partial charge in [-0.1, -0.05) is 0 Å². The van der Waals surface area contributed by atoms with Crippen LogP contribution in [0.5, 0.6) is 0 Å². The van der Waals surface area contributed by atoms with Gasteiger partial charge in [-0.25, -0.2) is 0 Å². The quantitative estimate of drug-likeness (QED) is 0.466. The first-order valence-corrected chi connectivity index (χ1v) is 4.25. The molecule has 0 unspecified atom stereocenters. The summed E-state index contributed by atoms with van der Waals surface area (Å²) in [6.07, 6.45) is 0. The summed E-state index contributed by atoms with van der Waals surface area (Å²) in [7, 11) is 5.65. The molecule has 62 valence electrons. The minimum Gasteiger partial charge on any atom is -0.351 e. The molecule has 0 saturated carbocycles. The van der Waals surface area contributed by atoms with Crippen LogP contribution in [0.25, 0.3) is 0 Å². The monoisotopic (exact) mass is 152 g/mol. The largest absolute Gasteiger partial charge is 0.351 e. The smallest absolute Gasteiger partial charge is 0.182 e. The highest BCUT2D eigenvalue weighted by Gasteiger charge is 2.23. The van der Waals surface area contributed by atoms with Crippen molar-refractivity contribution in [3.05, 3.63) is 0 Å². The van der Waals surface area contributed by atoms with Crippen LogP contribution in [0, 0.1) is 0 Å². The van der Waals surface area contributed by atoms with Crippen LogP contribution in [-0.2, 0) is 0 Å². The first-order chi connectivity index (χ1) is 5.00. The molecule has 1 rings (SSSR count). The maximum absolute atomic E-state index is 5.65. The maximum Gasteiger partial charge on any atom is 0.182 e. The molecule has 0 aliphatic carbocycles. The van der Waals surface area contributed by atoms with Gasteiger partial charge in [0.15, 0.2) is 7.98 Å². The van der Waals surface area contributed by atoms with Gasteiger partial charge in [0.05, 0.1) is 0 Å². The molecule has 0 spiro atoms. The molecule has 1 aliphatic heterocycles. The van der Waals surface area contributed by atoms with Gasteiger partial charge in [0, 0.05) is 18.6 Å². The normalized spacial score (nSPS) is 23.9. The van der Waals surface area contributed by atoms with E-state index in [1.165, 1.54) is 0 Å². The van der Waals surface area contributed by atoms with Gasteiger partial charge in [-0.15, -0.1) is 0 Å². The second-order valence-electron chi connectivity index (χ2n) is 4.19. The molecule has 2 radical (unpaired) electrons. The summed E-state index contributed by atoms with van der Waals surface area (Å²) in [4.78, 5) is 4.36. The maximum atomic E-state index is 5.65. The molecule has 1 heterocycles. The number of piperazine rings is 1. The Balaban J connectivity index is 2.39. The molecule has 0 aromatic rings. The van der Waals surface area contributed by atoms with Crippen LogP contribution < -0.4 is 0 Å². The van der Waals surface area contributed by atoms with Crippen molar-refractivity contribution in [2.24, 2.45) is 0 Å². The lowest BCUT2D eigenvalue weighted by Gasteiger charge is -2.41. The van der Waals surface area contributed by atoms with Gasteiger partial charge in [-0.3, -0.25) is 4.90 Å². The fourth-order valence-electron chi connectivity index (χ4n) is 1.39. The molecular weight excluding hydrogens is 135 g/mol. The van der Waals surface area contributed by atoms with E-state index in [-0.39, 0.29) is 0 Å². The highest BCUT2D eigenvalue weighted by Crippen LogP contribution is 2.14. The van der Waals surface area contributed by atoms with E-state index < -0.39 is 0 Å². The lowest BCUT2D eigenvalue weighted by Crippen LogP contribution is -2.52. The first kappa shape index (κ1) is 9.08. The summed E-state index contributed by atoms with van der Waals surface area (Å²) in [6, 6.07) is 0. The van der Waals surface area contributed by atoms with Gasteiger partial charge in [0.1, 0.15) is 0 Å². The zero-order valence-corrected chi connectivity index (χ0v) is 7.80. The number of hydrogen-bond donors (Lipinski definition) is 0. The molecule has 11 heavy (non-hydrogen) atoms. The summed E-state index contributed by atoms with van der Waals surface area (Å²) in [5.74, 6) is 0. The van der Waals surface area contributed by atoms with Crippen molar-refractivity contribution >= 4 is 7.98 Å². The fraction of sp³-hybridized carbons (Fsp3) is 1.00. The van der Waals surface area contributed by atoms with Crippen LogP contribution in [0.3, 0.4) is 0 Å². The van der Waals surface area contributed by atoms with Crippen molar-refractivity contribution in [3.63, 3.8) is 0 Å². The Morgan fingerprint density at radius 2 is 1.45 bits per heavy atom. The molecule has 2 nitrogen and oxygen atoms in total. The molecule has 0 aromatic carbocycles. The predicted molar refractivity (Wildman–Crippen MR) is 48.7 cm³/mol. The third-order valence-electron chi connectivity index (χ3n) is 2.26. The first-order valence-electron chi connectivity index (χ1n) is 4.25. The summed E-state index contributed by atoms with van der Waals surface area (Å²) in [6.45, 7) is 10.9. The van der Waals surface area contributed by atoms with Gasteiger partial charge < -0.3 is 4.81 Å². The molecule has 1 aliphatic rings. The standard InChI is InChI=1S/C8H17BN2/c1-8(2,3)10-4-6-11(9)7-5-10/h4-7H2,1-3H3. The summed E-state index contributed by atoms with van der Waals surface area (Å²) in [5.41, 5.74) is 0.307. The van der Waals surface area contributed by atoms with E-state index in [0.29, 0.717) is 5.54 Å². The van der Waals surface area contributed by atoms with Crippen molar-refractivity contribution in [1.82, 2.24) is 9.71 Å². The highest BCUT2D eigenvalue weighted by atomic mass is 15.3. The third kappa shape index (κ3) is 2.49. The van der Waals surface area contributed by atoms with Crippen molar-refractivity contribution in [2.45, 2.75) is 26.3 Å². The van der Waals surface area contributed by atoms with E-state index in [1.807, 2.05) is 4.81 Å². The lowest BCUT2D eigenvalue weighted by atomic mass is 10.0. The second kappa shape index (κ2) is 3.15. The van der Waals surface area contributed by atoms with E-state index in [2.05, 4.69) is 25.7 Å². The third-order valence-corrected chi connectivity index (χ3v) is 2.26. The van der Waals surface area contributed by atoms with Crippen LogP contribution in [-0.4, -0.2) is 49.4 Å². The Hall–Kier alpha value is -0.0151. The van der Waals surface area contributed by atoms with E-state index in [1.54, 1.807) is 0 Å². The minimum atomic E-state index is 0.307. The van der Waals surface area contributed by atoms with Gasteiger partial charge in [0.25, 0.3) is 0 Å². The van der Waals surface area contributed by atoms with E-state index in [4.69, 9.17) is 7.98 Å². The summed E-state index contributed by atoms with van der Waals surface area (Å²) >= 11 is 0. The van der Waals surface area contributed by atoms with E-state index >= 15 is 0 Å². The zero-order valence-electron chi connectivity index (χ0n) is 7.80. The lowest BCUT2D eigenvalue weighted by molar-refractivity contribution is 0.0930. The predicted octanol–water partition coefficient (Wildman–Crippen LogP) is 0.486. The van der Waals surface area contributed by atoms with Crippen molar-refractivity contribution in [1.29, 1.82) is 0 Å². The summed E-state index contributed by atoms with van der Waals surface area (Å²) in [5, 5.41) is 0. The van der Waals surface area contributed by atoms with Gasteiger partial charge in [0.2, 0.25) is 0 Å². The molecule has 0 bridgehead atoms. The van der Waals surface area contributed by atoms with E-state index in [9.17, 15) is 0 Å². The molecule has 0 amide bonds. The highest BCUT2D eigenvalue weighted by molar-refractivity contribution is 6.04. The average molecular weight is 152 g/mol. The van der Waals surface area contributed by atoms with Crippen molar-refractivity contribution < 1.29 is 0 Å². The molecule has 3 heteroatoms. The number of hydrogen-bond acceptors (Lipinski definition) is 2. The topological polar surface area (TPSA) is 6.48 Å². The fourth-order valence-corrected chi connectivity index (χ4v) is 1.39. The van der Waals surface area contributed by atoms with Crippen molar-refractivity contribution in [2.75, 3.05) is 26.2 Å². The Morgan fingerprint density at radius 1 is 1.00 bits per heavy atom. The average Bonchev–Trinajstić information content (AvgIpc) is 1.86. The van der Waals surface area contributed by atoms with Crippen LogP contribution >= 0.6 is 0 Å². The Kier molecular flexibility index (Phi) is 2.60. The molecule has 0 atom stereocenters. The summed E-state index contributed by atoms with van der Waals surface area (Å²) < 4.78 is 0. The SMILES string of the molecule is [B]N1CCN(C(C)(C)C)CC1. The second-order valence-corrected chi connectivity index (χ2v) is 4.19. The van der Waals surface area contributed by atoms with Gasteiger partial charge >= 0.3 is 0 Å².